The van der Waals surface area contributed by atoms with Crippen molar-refractivity contribution in [3.63, 3.8) is 0 Å². The Hall–Kier alpha value is -0.380. The standard InChI is InChI=1S/C13H21NOS/c1-3-11-4-5-12(16-11)8-13(14-2)10-6-7-15-9-10/h4-5,10,13-14H,3,6-9H2,1-2H3. The predicted octanol–water partition coefficient (Wildman–Crippen LogP) is 2.48. The second-order valence-corrected chi connectivity index (χ2v) is 5.70. The fraction of sp³-hybridized carbons (Fsp3) is 0.692. The van der Waals surface area contributed by atoms with Crippen LogP contribution in [0.15, 0.2) is 12.1 Å². The summed E-state index contributed by atoms with van der Waals surface area (Å²) in [6.07, 6.45) is 3.51. The van der Waals surface area contributed by atoms with E-state index in [4.69, 9.17) is 4.74 Å². The third kappa shape index (κ3) is 2.84. The van der Waals surface area contributed by atoms with Crippen LogP contribution in [0, 0.1) is 5.92 Å². The van der Waals surface area contributed by atoms with Crippen LogP contribution in [-0.4, -0.2) is 26.3 Å². The first-order valence-electron chi connectivity index (χ1n) is 6.16. The monoisotopic (exact) mass is 239 g/mol. The zero-order valence-corrected chi connectivity index (χ0v) is 11.0. The molecule has 1 aliphatic rings. The minimum absolute atomic E-state index is 0.575. The lowest BCUT2D eigenvalue weighted by molar-refractivity contribution is 0.177. The summed E-state index contributed by atoms with van der Waals surface area (Å²) in [5, 5.41) is 3.45. The Kier molecular flexibility index (Phi) is 4.38. The summed E-state index contributed by atoms with van der Waals surface area (Å²) in [5.74, 6) is 0.692. The Morgan fingerprint density at radius 2 is 2.31 bits per heavy atom. The van der Waals surface area contributed by atoms with Crippen LogP contribution in [0.25, 0.3) is 0 Å². The number of thiophene rings is 1. The summed E-state index contributed by atoms with van der Waals surface area (Å²) in [4.78, 5) is 3.00. The van der Waals surface area contributed by atoms with Crippen molar-refractivity contribution in [1.82, 2.24) is 5.32 Å². The van der Waals surface area contributed by atoms with E-state index in [1.807, 2.05) is 11.3 Å². The van der Waals surface area contributed by atoms with Gasteiger partial charge in [0.25, 0.3) is 0 Å². The molecular formula is C13H21NOS. The van der Waals surface area contributed by atoms with Gasteiger partial charge in [0.05, 0.1) is 6.61 Å². The topological polar surface area (TPSA) is 21.3 Å². The van der Waals surface area contributed by atoms with E-state index < -0.39 is 0 Å². The zero-order chi connectivity index (χ0) is 11.4. The Bertz CT molecular complexity index is 317. The highest BCUT2D eigenvalue weighted by Crippen LogP contribution is 2.23. The number of nitrogens with one attached hydrogen (secondary N) is 1. The van der Waals surface area contributed by atoms with Crippen molar-refractivity contribution in [2.24, 2.45) is 5.92 Å². The first kappa shape index (κ1) is 12.1. The van der Waals surface area contributed by atoms with Gasteiger partial charge in [-0.2, -0.15) is 0 Å². The van der Waals surface area contributed by atoms with Gasteiger partial charge in [0.2, 0.25) is 0 Å². The second-order valence-electron chi connectivity index (χ2n) is 4.44. The Morgan fingerprint density at radius 3 is 2.88 bits per heavy atom. The van der Waals surface area contributed by atoms with E-state index in [1.165, 1.54) is 16.2 Å². The van der Waals surface area contributed by atoms with Crippen LogP contribution in [0.3, 0.4) is 0 Å². The molecule has 2 rings (SSSR count). The van der Waals surface area contributed by atoms with Crippen LogP contribution in [0.1, 0.15) is 23.1 Å². The highest BCUT2D eigenvalue weighted by Gasteiger charge is 2.24. The fourth-order valence-electron chi connectivity index (χ4n) is 2.31. The molecule has 16 heavy (non-hydrogen) atoms. The smallest absolute Gasteiger partial charge is 0.0510 e. The van der Waals surface area contributed by atoms with E-state index >= 15 is 0 Å². The Balaban J connectivity index is 1.94. The highest BCUT2D eigenvalue weighted by molar-refractivity contribution is 7.11. The summed E-state index contributed by atoms with van der Waals surface area (Å²) in [6.45, 7) is 4.08. The first-order valence-corrected chi connectivity index (χ1v) is 6.97. The number of hydrogen-bond acceptors (Lipinski definition) is 3. The molecule has 1 aromatic heterocycles. The lowest BCUT2D eigenvalue weighted by atomic mass is 9.96. The van der Waals surface area contributed by atoms with Gasteiger partial charge in [0.15, 0.2) is 0 Å². The van der Waals surface area contributed by atoms with E-state index in [0.29, 0.717) is 12.0 Å². The third-order valence-corrected chi connectivity index (χ3v) is 4.64. The molecule has 0 amide bonds. The highest BCUT2D eigenvalue weighted by atomic mass is 32.1. The molecule has 2 heterocycles. The molecule has 1 fully saturated rings. The molecule has 0 radical (unpaired) electrons. The minimum atomic E-state index is 0.575. The number of ether oxygens (including phenoxy) is 1. The van der Waals surface area contributed by atoms with Crippen LogP contribution in [-0.2, 0) is 17.6 Å². The van der Waals surface area contributed by atoms with Gasteiger partial charge in [-0.05, 0) is 38.4 Å². The van der Waals surface area contributed by atoms with Crippen LogP contribution in [0.4, 0.5) is 0 Å². The van der Waals surface area contributed by atoms with Gasteiger partial charge in [-0.15, -0.1) is 11.3 Å². The normalized spacial score (nSPS) is 22.5. The summed E-state index contributed by atoms with van der Waals surface area (Å²) in [7, 11) is 2.07. The maximum absolute atomic E-state index is 5.47. The second kappa shape index (κ2) is 5.80. The van der Waals surface area contributed by atoms with Gasteiger partial charge in [-0.25, -0.2) is 0 Å². The van der Waals surface area contributed by atoms with Gasteiger partial charge in [-0.1, -0.05) is 6.92 Å². The van der Waals surface area contributed by atoms with Crippen molar-refractivity contribution in [2.75, 3.05) is 20.3 Å². The molecule has 0 saturated carbocycles. The zero-order valence-electron chi connectivity index (χ0n) is 10.2. The molecule has 1 saturated heterocycles. The van der Waals surface area contributed by atoms with E-state index in [9.17, 15) is 0 Å². The van der Waals surface area contributed by atoms with Crippen LogP contribution in [0.2, 0.25) is 0 Å². The molecule has 2 unspecified atom stereocenters. The van der Waals surface area contributed by atoms with Crippen LogP contribution in [0.5, 0.6) is 0 Å². The maximum atomic E-state index is 5.47. The number of rotatable bonds is 5. The van der Waals surface area contributed by atoms with E-state index in [0.717, 1.165) is 26.1 Å². The van der Waals surface area contributed by atoms with Gasteiger partial charge in [0, 0.05) is 28.3 Å². The molecule has 2 nitrogen and oxygen atoms in total. The lowest BCUT2D eigenvalue weighted by Crippen LogP contribution is -2.35. The molecule has 3 heteroatoms. The molecule has 1 aliphatic heterocycles. The summed E-state index contributed by atoms with van der Waals surface area (Å²) in [6, 6.07) is 5.12. The molecule has 1 N–H and O–H groups in total. The van der Waals surface area contributed by atoms with E-state index in [2.05, 4.69) is 31.4 Å². The minimum Gasteiger partial charge on any atom is -0.381 e. The summed E-state index contributed by atoms with van der Waals surface area (Å²) in [5.41, 5.74) is 0. The molecule has 2 atom stereocenters. The molecular weight excluding hydrogens is 218 g/mol. The SMILES string of the molecule is CCc1ccc(CC(NC)C2CCOC2)s1. The van der Waals surface area contributed by atoms with Crippen molar-refractivity contribution in [3.8, 4) is 0 Å². The molecule has 1 aromatic rings. The quantitative estimate of drug-likeness (QED) is 0.852. The molecule has 0 spiro atoms. The third-order valence-electron chi connectivity index (χ3n) is 3.39. The molecule has 90 valence electrons. The number of hydrogen-bond donors (Lipinski definition) is 1. The van der Waals surface area contributed by atoms with Crippen molar-refractivity contribution in [1.29, 1.82) is 0 Å². The average Bonchev–Trinajstić information content (AvgIpc) is 2.96. The van der Waals surface area contributed by atoms with Crippen molar-refractivity contribution in [2.45, 2.75) is 32.2 Å². The van der Waals surface area contributed by atoms with Crippen molar-refractivity contribution >= 4 is 11.3 Å². The van der Waals surface area contributed by atoms with Gasteiger partial charge in [-0.3, -0.25) is 0 Å². The largest absolute Gasteiger partial charge is 0.381 e. The lowest BCUT2D eigenvalue weighted by Gasteiger charge is -2.21. The Labute approximate surface area is 102 Å². The van der Waals surface area contributed by atoms with Gasteiger partial charge >= 0.3 is 0 Å². The van der Waals surface area contributed by atoms with E-state index in [-0.39, 0.29) is 0 Å². The van der Waals surface area contributed by atoms with Crippen LogP contribution < -0.4 is 5.32 Å². The van der Waals surface area contributed by atoms with Crippen LogP contribution >= 0.6 is 11.3 Å². The van der Waals surface area contributed by atoms with E-state index in [1.54, 1.807) is 0 Å². The summed E-state index contributed by atoms with van der Waals surface area (Å²) < 4.78 is 5.47. The molecule has 0 aliphatic carbocycles. The molecule has 0 aromatic carbocycles. The first-order chi connectivity index (χ1) is 7.83. The predicted molar refractivity (Wildman–Crippen MR) is 69.2 cm³/mol. The number of aryl methyl sites for hydroxylation is 1. The maximum Gasteiger partial charge on any atom is 0.0510 e. The number of likely N-dealkylation sites (N-methyl/N-ethyl adjacent to an activating group) is 1. The van der Waals surface area contributed by atoms with Crippen molar-refractivity contribution < 1.29 is 4.74 Å². The fourth-order valence-corrected chi connectivity index (χ4v) is 3.33. The average molecular weight is 239 g/mol. The van der Waals surface area contributed by atoms with Crippen molar-refractivity contribution in [3.05, 3.63) is 21.9 Å². The molecule has 0 bridgehead atoms. The summed E-state index contributed by atoms with van der Waals surface area (Å²) >= 11 is 1.95. The van der Waals surface area contributed by atoms with Gasteiger partial charge < -0.3 is 10.1 Å². The Morgan fingerprint density at radius 1 is 1.50 bits per heavy atom. The van der Waals surface area contributed by atoms with Gasteiger partial charge in [0.1, 0.15) is 0 Å².